The quantitative estimate of drug-likeness (QED) is 0.647. The minimum Gasteiger partial charge on any atom is -0.299 e. The predicted octanol–water partition coefficient (Wildman–Crippen LogP) is 3.63. The van der Waals surface area contributed by atoms with Crippen LogP contribution in [0.5, 0.6) is 0 Å². The van der Waals surface area contributed by atoms with E-state index in [4.69, 9.17) is 0 Å². The zero-order valence-corrected chi connectivity index (χ0v) is 15.5. The van der Waals surface area contributed by atoms with Gasteiger partial charge in [0.05, 0.1) is 4.90 Å². The van der Waals surface area contributed by atoms with Gasteiger partial charge in [0.2, 0.25) is 0 Å². The summed E-state index contributed by atoms with van der Waals surface area (Å²) in [5.74, 6) is 0.136. The van der Waals surface area contributed by atoms with Crippen LogP contribution in [0.2, 0.25) is 0 Å². The van der Waals surface area contributed by atoms with Crippen molar-refractivity contribution in [1.82, 2.24) is 4.98 Å². The van der Waals surface area contributed by atoms with E-state index in [-0.39, 0.29) is 10.7 Å². The second kappa shape index (κ2) is 8.60. The van der Waals surface area contributed by atoms with Gasteiger partial charge in [0.15, 0.2) is 0 Å². The van der Waals surface area contributed by atoms with Gasteiger partial charge in [-0.2, -0.15) is 0 Å². The molecule has 0 radical (unpaired) electrons. The van der Waals surface area contributed by atoms with Crippen LogP contribution < -0.4 is 4.72 Å². The maximum Gasteiger partial charge on any atom is 0.261 e. The first kappa shape index (κ1) is 18.8. The van der Waals surface area contributed by atoms with Crippen molar-refractivity contribution in [3.05, 3.63) is 90.3 Å². The normalized spacial score (nSPS) is 11.1. The van der Waals surface area contributed by atoms with E-state index < -0.39 is 10.0 Å². The Kier molecular flexibility index (Phi) is 5.98. The van der Waals surface area contributed by atoms with Crippen molar-refractivity contribution in [2.24, 2.45) is 0 Å². The zero-order chi connectivity index (χ0) is 19.1. The third kappa shape index (κ3) is 5.49. The van der Waals surface area contributed by atoms with Crippen molar-refractivity contribution >= 4 is 21.5 Å². The standard InChI is InChI=1S/C21H20N2O3S/c24-20(13-10-18-5-4-14-22-16-18)15-17-8-11-19(12-9-17)23-27(25,26)21-6-2-1-3-7-21/h1-9,11-12,14,16,23H,10,13,15H2. The number of hydrogen-bond acceptors (Lipinski definition) is 4. The number of carbonyl (C=O) groups is 1. The molecular formula is C21H20N2O3S. The third-order valence-corrected chi connectivity index (χ3v) is 5.47. The highest BCUT2D eigenvalue weighted by Gasteiger charge is 2.13. The highest BCUT2D eigenvalue weighted by molar-refractivity contribution is 7.92. The molecule has 3 rings (SSSR count). The highest BCUT2D eigenvalue weighted by atomic mass is 32.2. The van der Waals surface area contributed by atoms with Crippen molar-refractivity contribution in [3.8, 4) is 0 Å². The summed E-state index contributed by atoms with van der Waals surface area (Å²) in [6, 6.07) is 18.9. The molecule has 0 atom stereocenters. The molecule has 6 heteroatoms. The van der Waals surface area contributed by atoms with Crippen molar-refractivity contribution in [2.75, 3.05) is 4.72 Å². The van der Waals surface area contributed by atoms with Crippen LogP contribution >= 0.6 is 0 Å². The van der Waals surface area contributed by atoms with Crippen molar-refractivity contribution in [1.29, 1.82) is 0 Å². The number of nitrogens with one attached hydrogen (secondary N) is 1. The van der Waals surface area contributed by atoms with Gasteiger partial charge in [0.25, 0.3) is 10.0 Å². The summed E-state index contributed by atoms with van der Waals surface area (Å²) >= 11 is 0. The molecule has 1 aromatic heterocycles. The van der Waals surface area contributed by atoms with Crippen LogP contribution in [0.1, 0.15) is 17.5 Å². The van der Waals surface area contributed by atoms with Gasteiger partial charge >= 0.3 is 0 Å². The second-order valence-corrected chi connectivity index (χ2v) is 7.87. The average Bonchev–Trinajstić information content (AvgIpc) is 2.69. The van der Waals surface area contributed by atoms with Gasteiger partial charge in [0.1, 0.15) is 5.78 Å². The molecule has 3 aromatic rings. The number of rotatable bonds is 8. The van der Waals surface area contributed by atoms with E-state index in [0.29, 0.717) is 24.9 Å². The van der Waals surface area contributed by atoms with E-state index in [1.165, 1.54) is 12.1 Å². The Morgan fingerprint density at radius 1 is 0.889 bits per heavy atom. The summed E-state index contributed by atoms with van der Waals surface area (Å²) in [4.78, 5) is 16.4. The predicted molar refractivity (Wildman–Crippen MR) is 105 cm³/mol. The molecule has 0 amide bonds. The molecule has 0 aliphatic heterocycles. The first-order valence-electron chi connectivity index (χ1n) is 8.60. The monoisotopic (exact) mass is 380 g/mol. The van der Waals surface area contributed by atoms with Crippen LogP contribution in [0, 0.1) is 0 Å². The molecule has 0 spiro atoms. The van der Waals surface area contributed by atoms with E-state index in [9.17, 15) is 13.2 Å². The minimum absolute atomic E-state index is 0.136. The summed E-state index contributed by atoms with van der Waals surface area (Å²) in [7, 11) is -3.61. The fraction of sp³-hybridized carbons (Fsp3) is 0.143. The number of pyridine rings is 1. The molecule has 0 aliphatic rings. The molecule has 0 unspecified atom stereocenters. The maximum absolute atomic E-state index is 12.3. The van der Waals surface area contributed by atoms with Crippen LogP contribution in [-0.2, 0) is 27.7 Å². The Hall–Kier alpha value is -2.99. The molecular weight excluding hydrogens is 360 g/mol. The SMILES string of the molecule is O=C(CCc1cccnc1)Cc1ccc(NS(=O)(=O)c2ccccc2)cc1. The number of benzene rings is 2. The van der Waals surface area contributed by atoms with E-state index in [2.05, 4.69) is 9.71 Å². The number of nitrogens with zero attached hydrogens (tertiary/aromatic N) is 1. The minimum atomic E-state index is -3.61. The number of carbonyl (C=O) groups excluding carboxylic acids is 1. The Morgan fingerprint density at radius 2 is 1.63 bits per heavy atom. The number of Topliss-reactive ketones (excluding diaryl/α,β-unsaturated/α-hetero) is 1. The third-order valence-electron chi connectivity index (χ3n) is 4.08. The summed E-state index contributed by atoms with van der Waals surface area (Å²) in [6.07, 6.45) is 4.92. The van der Waals surface area contributed by atoms with Crippen LogP contribution in [0.4, 0.5) is 5.69 Å². The Bertz CT molecular complexity index is 987. The van der Waals surface area contributed by atoms with Gasteiger partial charge in [0, 0.05) is 30.9 Å². The fourth-order valence-corrected chi connectivity index (χ4v) is 3.73. The zero-order valence-electron chi connectivity index (χ0n) is 14.7. The van der Waals surface area contributed by atoms with E-state index in [1.54, 1.807) is 54.9 Å². The summed E-state index contributed by atoms with van der Waals surface area (Å²) in [6.45, 7) is 0. The lowest BCUT2D eigenvalue weighted by atomic mass is 10.0. The Balaban J connectivity index is 1.56. The first-order valence-corrected chi connectivity index (χ1v) is 10.1. The molecule has 5 nitrogen and oxygen atoms in total. The Labute approximate surface area is 159 Å². The lowest BCUT2D eigenvalue weighted by Crippen LogP contribution is -2.12. The molecule has 1 N–H and O–H groups in total. The number of aryl methyl sites for hydroxylation is 1. The molecule has 2 aromatic carbocycles. The number of ketones is 1. The van der Waals surface area contributed by atoms with Gasteiger partial charge < -0.3 is 0 Å². The van der Waals surface area contributed by atoms with Crippen molar-refractivity contribution < 1.29 is 13.2 Å². The fourth-order valence-electron chi connectivity index (χ4n) is 2.65. The van der Waals surface area contributed by atoms with Gasteiger partial charge in [-0.25, -0.2) is 8.42 Å². The molecule has 0 fully saturated rings. The van der Waals surface area contributed by atoms with E-state index in [1.807, 2.05) is 12.1 Å². The van der Waals surface area contributed by atoms with Gasteiger partial charge in [-0.05, 0) is 47.9 Å². The van der Waals surface area contributed by atoms with Crippen LogP contribution in [-0.4, -0.2) is 19.2 Å². The van der Waals surface area contributed by atoms with Crippen LogP contribution in [0.25, 0.3) is 0 Å². The lowest BCUT2D eigenvalue weighted by Gasteiger charge is -2.09. The van der Waals surface area contributed by atoms with Crippen molar-refractivity contribution in [3.63, 3.8) is 0 Å². The second-order valence-electron chi connectivity index (χ2n) is 6.19. The first-order chi connectivity index (χ1) is 13.0. The molecule has 0 aliphatic carbocycles. The summed E-state index contributed by atoms with van der Waals surface area (Å²) < 4.78 is 27.2. The highest BCUT2D eigenvalue weighted by Crippen LogP contribution is 2.17. The summed E-state index contributed by atoms with van der Waals surface area (Å²) in [5.41, 5.74) is 2.36. The number of hydrogen-bond donors (Lipinski definition) is 1. The topological polar surface area (TPSA) is 76.1 Å². The molecule has 27 heavy (non-hydrogen) atoms. The smallest absolute Gasteiger partial charge is 0.261 e. The van der Waals surface area contributed by atoms with Crippen LogP contribution in [0.15, 0.2) is 84.0 Å². The molecule has 0 saturated heterocycles. The van der Waals surface area contributed by atoms with E-state index in [0.717, 1.165) is 11.1 Å². The summed E-state index contributed by atoms with van der Waals surface area (Å²) in [5, 5.41) is 0. The molecule has 138 valence electrons. The largest absolute Gasteiger partial charge is 0.299 e. The molecule has 0 bridgehead atoms. The molecule has 1 heterocycles. The van der Waals surface area contributed by atoms with Gasteiger partial charge in [-0.15, -0.1) is 0 Å². The number of aromatic nitrogens is 1. The average molecular weight is 380 g/mol. The Morgan fingerprint density at radius 3 is 2.30 bits per heavy atom. The maximum atomic E-state index is 12.3. The molecule has 0 saturated carbocycles. The van der Waals surface area contributed by atoms with Gasteiger partial charge in [-0.3, -0.25) is 14.5 Å². The van der Waals surface area contributed by atoms with Crippen molar-refractivity contribution in [2.45, 2.75) is 24.2 Å². The van der Waals surface area contributed by atoms with Gasteiger partial charge in [-0.1, -0.05) is 36.4 Å². The number of sulfonamides is 1. The lowest BCUT2D eigenvalue weighted by molar-refractivity contribution is -0.118. The van der Waals surface area contributed by atoms with E-state index >= 15 is 0 Å². The number of anilines is 1. The van der Waals surface area contributed by atoms with Crippen LogP contribution in [0.3, 0.4) is 0 Å².